The lowest BCUT2D eigenvalue weighted by Crippen LogP contribution is -2.42. The number of amides is 1. The number of aryl methyl sites for hydroxylation is 1. The maximum Gasteiger partial charge on any atom is 0.411 e. The van der Waals surface area contributed by atoms with Gasteiger partial charge in [0.05, 0.1) is 31.1 Å². The largest absolute Gasteiger partial charge is 0.493 e. The second-order valence-corrected chi connectivity index (χ2v) is 9.89. The van der Waals surface area contributed by atoms with Crippen molar-refractivity contribution in [2.24, 2.45) is 5.73 Å². The fourth-order valence-corrected chi connectivity index (χ4v) is 5.05. The van der Waals surface area contributed by atoms with Gasteiger partial charge in [-0.2, -0.15) is 0 Å². The highest BCUT2D eigenvalue weighted by Crippen LogP contribution is 2.51. The van der Waals surface area contributed by atoms with Crippen molar-refractivity contribution in [2.75, 3.05) is 16.8 Å². The Hall–Kier alpha value is -3.52. The molecule has 2 unspecified atom stereocenters. The lowest BCUT2D eigenvalue weighted by atomic mass is 9.89. The van der Waals surface area contributed by atoms with Crippen LogP contribution in [0.1, 0.15) is 62.7 Å². The molecule has 1 fully saturated rings. The number of carbonyl (C=O) groups excluding carboxylic acids is 1. The zero-order valence-corrected chi connectivity index (χ0v) is 21.0. The highest BCUT2D eigenvalue weighted by atomic mass is 16.6. The summed E-state index contributed by atoms with van der Waals surface area (Å²) in [6.07, 6.45) is 9.45. The Morgan fingerprint density at radius 1 is 1.19 bits per heavy atom. The summed E-state index contributed by atoms with van der Waals surface area (Å²) in [4.78, 5) is 18.5. The molecule has 5 rings (SSSR count). The number of anilines is 2. The topological polar surface area (TPSA) is 94.6 Å². The summed E-state index contributed by atoms with van der Waals surface area (Å²) in [6.45, 7) is 5.18. The zero-order valence-electron chi connectivity index (χ0n) is 21.0. The molecule has 0 bridgehead atoms. The molecule has 2 heterocycles. The number of carbonyl (C=O) groups is 1. The number of imidazole rings is 1. The molecule has 0 radical (unpaired) electrons. The monoisotopic (exact) mass is 489 g/mol. The fraction of sp³-hybridized carbons (Fsp3) is 0.429. The van der Waals surface area contributed by atoms with Gasteiger partial charge in [0.1, 0.15) is 5.75 Å². The van der Waals surface area contributed by atoms with E-state index in [2.05, 4.69) is 44.0 Å². The van der Waals surface area contributed by atoms with E-state index in [1.807, 2.05) is 44.6 Å². The van der Waals surface area contributed by atoms with Crippen LogP contribution < -0.4 is 20.7 Å². The normalized spacial score (nSPS) is 19.2. The average Bonchev–Trinajstić information content (AvgIpc) is 3.43. The van der Waals surface area contributed by atoms with E-state index in [-0.39, 0.29) is 18.2 Å². The van der Waals surface area contributed by atoms with Crippen molar-refractivity contribution in [1.82, 2.24) is 9.55 Å². The molecule has 8 heteroatoms. The predicted octanol–water partition coefficient (Wildman–Crippen LogP) is 5.42. The second kappa shape index (κ2) is 10.6. The molecular formula is C28H35N5O3. The summed E-state index contributed by atoms with van der Waals surface area (Å²) >= 11 is 0. The predicted molar refractivity (Wildman–Crippen MR) is 140 cm³/mol. The molecule has 1 aliphatic heterocycles. The van der Waals surface area contributed by atoms with Gasteiger partial charge in [-0.05, 0) is 68.9 Å². The van der Waals surface area contributed by atoms with Crippen molar-refractivity contribution < 1.29 is 14.3 Å². The Bertz CT molecular complexity index is 1160. The van der Waals surface area contributed by atoms with E-state index in [0.29, 0.717) is 18.3 Å². The molecular weight excluding hydrogens is 454 g/mol. The third kappa shape index (κ3) is 5.18. The van der Waals surface area contributed by atoms with E-state index in [9.17, 15) is 4.79 Å². The van der Waals surface area contributed by atoms with Crippen LogP contribution in [0.2, 0.25) is 0 Å². The van der Waals surface area contributed by atoms with Gasteiger partial charge < -0.3 is 24.7 Å². The molecule has 3 aromatic rings. The number of ether oxygens (including phenoxy) is 2. The van der Waals surface area contributed by atoms with Crippen LogP contribution in [0, 0.1) is 0 Å². The molecule has 190 valence electrons. The van der Waals surface area contributed by atoms with Crippen LogP contribution in [0.5, 0.6) is 5.75 Å². The van der Waals surface area contributed by atoms with Crippen molar-refractivity contribution in [3.8, 4) is 5.75 Å². The summed E-state index contributed by atoms with van der Waals surface area (Å²) in [7, 11) is 0. The number of fused-ring (bicyclic) bond motifs is 1. The molecule has 1 aliphatic carbocycles. The molecule has 8 nitrogen and oxygen atoms in total. The van der Waals surface area contributed by atoms with Gasteiger partial charge in [-0.25, -0.2) is 9.78 Å². The first-order chi connectivity index (χ1) is 17.5. The average molecular weight is 490 g/mol. The van der Waals surface area contributed by atoms with E-state index in [1.54, 1.807) is 6.20 Å². The third-order valence-corrected chi connectivity index (χ3v) is 6.98. The molecule has 3 N–H and O–H groups in total. The van der Waals surface area contributed by atoms with Crippen LogP contribution >= 0.6 is 0 Å². The Kier molecular flexibility index (Phi) is 7.13. The molecule has 2 atom stereocenters. The number of nitrogens with one attached hydrogen (secondary N) is 1. The third-order valence-electron chi connectivity index (χ3n) is 6.98. The Labute approximate surface area is 212 Å². The number of rotatable bonds is 9. The molecule has 1 saturated carbocycles. The van der Waals surface area contributed by atoms with E-state index in [1.165, 1.54) is 24.9 Å². The summed E-state index contributed by atoms with van der Waals surface area (Å²) in [5.74, 6) is 0.875. The van der Waals surface area contributed by atoms with Crippen molar-refractivity contribution in [3.63, 3.8) is 0 Å². The van der Waals surface area contributed by atoms with Gasteiger partial charge >= 0.3 is 6.09 Å². The van der Waals surface area contributed by atoms with Gasteiger partial charge in [-0.1, -0.05) is 18.2 Å². The van der Waals surface area contributed by atoms with Gasteiger partial charge in [-0.15, -0.1) is 0 Å². The smallest absolute Gasteiger partial charge is 0.411 e. The lowest BCUT2D eigenvalue weighted by molar-refractivity contribution is 0.130. The van der Waals surface area contributed by atoms with E-state index in [4.69, 9.17) is 15.2 Å². The molecule has 0 spiro atoms. The lowest BCUT2D eigenvalue weighted by Gasteiger charge is -2.41. The van der Waals surface area contributed by atoms with Crippen molar-refractivity contribution in [1.29, 1.82) is 0 Å². The highest BCUT2D eigenvalue weighted by molar-refractivity contribution is 5.84. The summed E-state index contributed by atoms with van der Waals surface area (Å²) in [5.41, 5.74) is 11.0. The minimum absolute atomic E-state index is 0.0402. The first kappa shape index (κ1) is 24.2. The van der Waals surface area contributed by atoms with Crippen LogP contribution in [0.25, 0.3) is 0 Å². The number of aromatic nitrogens is 2. The van der Waals surface area contributed by atoms with Gasteiger partial charge in [0.2, 0.25) is 0 Å². The first-order valence-electron chi connectivity index (χ1n) is 12.8. The highest BCUT2D eigenvalue weighted by Gasteiger charge is 2.42. The summed E-state index contributed by atoms with van der Waals surface area (Å²) in [6, 6.07) is 14.6. The first-order valence-corrected chi connectivity index (χ1v) is 12.8. The zero-order chi connectivity index (χ0) is 25.1. The number of hydrogen-bond donors (Lipinski definition) is 2. The molecule has 1 amide bonds. The van der Waals surface area contributed by atoms with Gasteiger partial charge in [0.15, 0.2) is 0 Å². The number of nitrogens with two attached hydrogens (primary N) is 1. The van der Waals surface area contributed by atoms with E-state index >= 15 is 0 Å². The quantitative estimate of drug-likeness (QED) is 0.390. The Morgan fingerprint density at radius 3 is 2.67 bits per heavy atom. The second-order valence-electron chi connectivity index (χ2n) is 9.89. The van der Waals surface area contributed by atoms with Crippen LogP contribution in [0.4, 0.5) is 16.2 Å². The number of hydrogen-bond acceptors (Lipinski definition) is 6. The van der Waals surface area contributed by atoms with Crippen molar-refractivity contribution >= 4 is 17.5 Å². The number of benzene rings is 2. The summed E-state index contributed by atoms with van der Waals surface area (Å²) < 4.78 is 13.4. The van der Waals surface area contributed by atoms with Crippen LogP contribution in [0.3, 0.4) is 0 Å². The van der Waals surface area contributed by atoms with E-state index < -0.39 is 6.09 Å². The van der Waals surface area contributed by atoms with Crippen LogP contribution in [0.15, 0.2) is 61.2 Å². The van der Waals surface area contributed by atoms with Crippen LogP contribution in [-0.4, -0.2) is 34.4 Å². The van der Waals surface area contributed by atoms with Crippen LogP contribution in [-0.2, 0) is 11.3 Å². The van der Waals surface area contributed by atoms with Crippen molar-refractivity contribution in [2.45, 2.75) is 70.3 Å². The Morgan fingerprint density at radius 2 is 2.00 bits per heavy atom. The Balaban J connectivity index is 1.30. The SMILES string of the molecule is CC(C)OC(=O)Nc1ccc(C2C(N)c3ccc(OCCCn4ccnc4)cc3N2C2CCC2)cc1. The van der Waals surface area contributed by atoms with Gasteiger partial charge in [-0.3, -0.25) is 5.32 Å². The van der Waals surface area contributed by atoms with Gasteiger partial charge in [0.25, 0.3) is 0 Å². The minimum Gasteiger partial charge on any atom is -0.493 e. The molecule has 1 aromatic heterocycles. The molecule has 36 heavy (non-hydrogen) atoms. The maximum atomic E-state index is 12.0. The molecule has 2 aliphatic rings. The molecule has 0 saturated heterocycles. The fourth-order valence-electron chi connectivity index (χ4n) is 5.05. The minimum atomic E-state index is -0.448. The number of nitrogens with zero attached hydrogens (tertiary/aromatic N) is 3. The maximum absolute atomic E-state index is 12.0. The van der Waals surface area contributed by atoms with Crippen molar-refractivity contribution in [3.05, 3.63) is 72.3 Å². The standard InChI is InChI=1S/C28H35N5O3/c1-19(2)36-28(34)31-21-9-7-20(8-10-21)27-26(29)24-12-11-23(17-25(24)33(27)22-5-3-6-22)35-16-4-14-32-15-13-30-18-32/h7-13,15,17-19,22,26-27H,3-6,14,16,29H2,1-2H3,(H,31,34). The van der Waals surface area contributed by atoms with E-state index in [0.717, 1.165) is 29.8 Å². The molecule has 2 aromatic carbocycles. The van der Waals surface area contributed by atoms with Gasteiger partial charge in [0, 0.05) is 42.4 Å². The summed E-state index contributed by atoms with van der Waals surface area (Å²) in [5, 5.41) is 2.79.